The topological polar surface area (TPSA) is 29.3 Å². The Balaban J connectivity index is 2.45. The lowest BCUT2D eigenvalue weighted by atomic mass is 9.99. The number of nitrogens with zero attached hydrogens (tertiary/aromatic N) is 2. The number of anilines is 1. The van der Waals surface area contributed by atoms with Gasteiger partial charge in [-0.25, -0.2) is 0 Å². The molecule has 2 aromatic rings. The minimum absolute atomic E-state index is 0.665. The van der Waals surface area contributed by atoms with Gasteiger partial charge in [0.1, 0.15) is 5.52 Å². The second kappa shape index (κ2) is 5.91. The molecule has 0 aliphatic rings. The lowest BCUT2D eigenvalue weighted by molar-refractivity contribution is 0.596. The molecule has 0 saturated heterocycles. The van der Waals surface area contributed by atoms with Gasteiger partial charge in [-0.05, 0) is 42.5 Å². The molecule has 0 N–H and O–H groups in total. The summed E-state index contributed by atoms with van der Waals surface area (Å²) in [5, 5.41) is 0. The molecule has 3 heteroatoms. The van der Waals surface area contributed by atoms with Crippen molar-refractivity contribution < 1.29 is 4.42 Å². The Kier molecular flexibility index (Phi) is 4.25. The van der Waals surface area contributed by atoms with Gasteiger partial charge < -0.3 is 9.32 Å². The molecular formula is C16H22N2O. The third-order valence-corrected chi connectivity index (χ3v) is 3.22. The molecule has 0 aliphatic carbocycles. The van der Waals surface area contributed by atoms with Gasteiger partial charge in [-0.1, -0.05) is 19.4 Å². The molecule has 19 heavy (non-hydrogen) atoms. The number of hydrogen-bond acceptors (Lipinski definition) is 3. The summed E-state index contributed by atoms with van der Waals surface area (Å²) >= 11 is 0. The maximum absolute atomic E-state index is 5.77. The normalized spacial score (nSPS) is 10.9. The minimum atomic E-state index is 0.665. The number of hydrogen-bond donors (Lipinski definition) is 0. The van der Waals surface area contributed by atoms with E-state index < -0.39 is 0 Å². The molecule has 1 aromatic carbocycles. The summed E-state index contributed by atoms with van der Waals surface area (Å²) in [6, 6.07) is 4.98. The summed E-state index contributed by atoms with van der Waals surface area (Å²) in [5.41, 5.74) is 4.57. The zero-order valence-corrected chi connectivity index (χ0v) is 12.1. The van der Waals surface area contributed by atoms with Crippen LogP contribution in [0.15, 0.2) is 29.2 Å². The summed E-state index contributed by atoms with van der Waals surface area (Å²) < 4.78 is 5.77. The lowest BCUT2D eigenvalue weighted by Gasteiger charge is -2.07. The van der Waals surface area contributed by atoms with Crippen molar-refractivity contribution in [2.75, 3.05) is 19.0 Å². The summed E-state index contributed by atoms with van der Waals surface area (Å²) in [6.07, 6.45) is 6.22. The van der Waals surface area contributed by atoms with Crippen LogP contribution in [0.4, 0.5) is 6.01 Å². The molecule has 0 saturated carbocycles. The predicted molar refractivity (Wildman–Crippen MR) is 80.8 cm³/mol. The van der Waals surface area contributed by atoms with Gasteiger partial charge in [0.05, 0.1) is 0 Å². The highest BCUT2D eigenvalue weighted by Crippen LogP contribution is 2.26. The Bertz CT molecular complexity index is 569. The van der Waals surface area contributed by atoms with Crippen molar-refractivity contribution in [1.29, 1.82) is 0 Å². The molecule has 0 aliphatic heterocycles. The molecule has 0 unspecified atom stereocenters. The zero-order chi connectivity index (χ0) is 13.8. The highest BCUT2D eigenvalue weighted by molar-refractivity contribution is 5.76. The van der Waals surface area contributed by atoms with Crippen LogP contribution in [0, 0.1) is 0 Å². The molecule has 0 fully saturated rings. The quantitative estimate of drug-likeness (QED) is 0.734. The fourth-order valence-corrected chi connectivity index (χ4v) is 2.23. The van der Waals surface area contributed by atoms with Crippen LogP contribution < -0.4 is 4.90 Å². The van der Waals surface area contributed by atoms with Gasteiger partial charge in [-0.2, -0.15) is 4.98 Å². The van der Waals surface area contributed by atoms with E-state index in [9.17, 15) is 0 Å². The molecule has 0 bridgehead atoms. The Hall–Kier alpha value is -1.77. The standard InChI is InChI=1S/C16H22N2O/c1-5-7-9-13-11-15-14(10-12(13)8-6-2)17-16(19-15)18(3)4/h5,10-11H,1,6-9H2,2-4H3. The number of benzene rings is 1. The maximum atomic E-state index is 5.77. The first-order valence-corrected chi connectivity index (χ1v) is 6.86. The summed E-state index contributed by atoms with van der Waals surface area (Å²) in [7, 11) is 3.88. The second-order valence-corrected chi connectivity index (χ2v) is 5.06. The Morgan fingerprint density at radius 2 is 2.00 bits per heavy atom. The Morgan fingerprint density at radius 1 is 1.26 bits per heavy atom. The molecule has 0 amide bonds. The van der Waals surface area contributed by atoms with E-state index in [4.69, 9.17) is 4.42 Å². The van der Waals surface area contributed by atoms with E-state index >= 15 is 0 Å². The van der Waals surface area contributed by atoms with E-state index in [1.165, 1.54) is 11.1 Å². The van der Waals surface area contributed by atoms with E-state index in [1.54, 1.807) is 0 Å². The third-order valence-electron chi connectivity index (χ3n) is 3.22. The van der Waals surface area contributed by atoms with Gasteiger partial charge >= 0.3 is 0 Å². The molecule has 1 aromatic heterocycles. The van der Waals surface area contributed by atoms with Crippen LogP contribution >= 0.6 is 0 Å². The smallest absolute Gasteiger partial charge is 0.297 e. The third kappa shape index (κ3) is 2.98. The monoisotopic (exact) mass is 258 g/mol. The van der Waals surface area contributed by atoms with Gasteiger partial charge in [-0.3, -0.25) is 0 Å². The van der Waals surface area contributed by atoms with Crippen molar-refractivity contribution in [2.24, 2.45) is 0 Å². The lowest BCUT2D eigenvalue weighted by Crippen LogP contribution is -2.08. The van der Waals surface area contributed by atoms with Crippen LogP contribution in [-0.4, -0.2) is 19.1 Å². The molecule has 0 radical (unpaired) electrons. The van der Waals surface area contributed by atoms with Crippen molar-refractivity contribution >= 4 is 17.1 Å². The fourth-order valence-electron chi connectivity index (χ4n) is 2.23. The first kappa shape index (κ1) is 13.7. The number of rotatable bonds is 6. The Labute approximate surface area is 114 Å². The number of aromatic nitrogens is 1. The second-order valence-electron chi connectivity index (χ2n) is 5.06. The highest BCUT2D eigenvalue weighted by atomic mass is 16.4. The van der Waals surface area contributed by atoms with Gasteiger partial charge in [0.15, 0.2) is 5.58 Å². The van der Waals surface area contributed by atoms with Crippen molar-refractivity contribution in [1.82, 2.24) is 4.98 Å². The van der Waals surface area contributed by atoms with Crippen molar-refractivity contribution in [2.45, 2.75) is 32.6 Å². The summed E-state index contributed by atoms with van der Waals surface area (Å²) in [4.78, 5) is 6.41. The van der Waals surface area contributed by atoms with Gasteiger partial charge in [0.25, 0.3) is 6.01 Å². The Morgan fingerprint density at radius 3 is 2.63 bits per heavy atom. The first-order valence-electron chi connectivity index (χ1n) is 6.86. The molecule has 102 valence electrons. The van der Waals surface area contributed by atoms with Crippen LogP contribution in [0.25, 0.3) is 11.1 Å². The predicted octanol–water partition coefficient (Wildman–Crippen LogP) is 3.96. The molecule has 3 nitrogen and oxygen atoms in total. The van der Waals surface area contributed by atoms with E-state index in [0.29, 0.717) is 6.01 Å². The van der Waals surface area contributed by atoms with E-state index in [0.717, 1.165) is 36.8 Å². The van der Waals surface area contributed by atoms with Gasteiger partial charge in [0, 0.05) is 14.1 Å². The average molecular weight is 258 g/mol. The molecular weight excluding hydrogens is 236 g/mol. The van der Waals surface area contributed by atoms with Crippen molar-refractivity contribution in [3.05, 3.63) is 35.9 Å². The SMILES string of the molecule is C=CCCc1cc2oc(N(C)C)nc2cc1CCC. The number of oxazole rings is 1. The van der Waals surface area contributed by atoms with Crippen molar-refractivity contribution in [3.63, 3.8) is 0 Å². The summed E-state index contributed by atoms with van der Waals surface area (Å²) in [5.74, 6) is 0. The number of aryl methyl sites for hydroxylation is 2. The average Bonchev–Trinajstić information content (AvgIpc) is 2.79. The van der Waals surface area contributed by atoms with Crippen LogP contribution in [0.5, 0.6) is 0 Å². The molecule has 1 heterocycles. The molecule has 0 atom stereocenters. The molecule has 0 spiro atoms. The number of allylic oxidation sites excluding steroid dienone is 1. The zero-order valence-electron chi connectivity index (χ0n) is 12.1. The van der Waals surface area contributed by atoms with Gasteiger partial charge in [-0.15, -0.1) is 6.58 Å². The van der Waals surface area contributed by atoms with Gasteiger partial charge in [0.2, 0.25) is 0 Å². The van der Waals surface area contributed by atoms with Crippen LogP contribution in [0.2, 0.25) is 0 Å². The van der Waals surface area contributed by atoms with Crippen LogP contribution in [0.1, 0.15) is 30.9 Å². The maximum Gasteiger partial charge on any atom is 0.297 e. The fraction of sp³-hybridized carbons (Fsp3) is 0.438. The van der Waals surface area contributed by atoms with E-state index in [2.05, 4.69) is 30.6 Å². The first-order chi connectivity index (χ1) is 9.15. The van der Waals surface area contributed by atoms with Crippen LogP contribution in [0.3, 0.4) is 0 Å². The molecule has 2 rings (SSSR count). The summed E-state index contributed by atoms with van der Waals surface area (Å²) in [6.45, 7) is 6.00. The highest BCUT2D eigenvalue weighted by Gasteiger charge is 2.11. The van der Waals surface area contributed by atoms with E-state index in [-0.39, 0.29) is 0 Å². The minimum Gasteiger partial charge on any atom is -0.423 e. The van der Waals surface area contributed by atoms with E-state index in [1.807, 2.05) is 25.1 Å². The number of fused-ring (bicyclic) bond motifs is 1. The van der Waals surface area contributed by atoms with Crippen LogP contribution in [-0.2, 0) is 12.8 Å². The largest absolute Gasteiger partial charge is 0.423 e. The van der Waals surface area contributed by atoms with Crippen molar-refractivity contribution in [3.8, 4) is 0 Å².